The molecule has 0 fully saturated rings. The number of thiophene rings is 1. The molecule has 4 heterocycles. The van der Waals surface area contributed by atoms with E-state index < -0.39 is 230 Å². The molecule has 0 radical (unpaired) electrons. The van der Waals surface area contributed by atoms with E-state index in [0.29, 0.717) is 11.3 Å². The van der Waals surface area contributed by atoms with Crippen molar-refractivity contribution in [3.63, 3.8) is 0 Å². The second kappa shape index (κ2) is 16.5. The molecular weight excluding hydrogens is 894 g/mol. The lowest BCUT2D eigenvalue weighted by molar-refractivity contribution is 0.590. The van der Waals surface area contributed by atoms with Crippen molar-refractivity contribution in [1.82, 2.24) is 0 Å². The van der Waals surface area contributed by atoms with Crippen LogP contribution in [0.1, 0.15) is 166 Å². The number of fused-ring (bicyclic) bond motifs is 8. The summed E-state index contributed by atoms with van der Waals surface area (Å²) >= 11 is 0.663. The average molecular weight is 989 g/mol. The fourth-order valence-electron chi connectivity index (χ4n) is 8.78. The van der Waals surface area contributed by atoms with Crippen molar-refractivity contribution in [2.75, 3.05) is 14.7 Å². The van der Waals surface area contributed by atoms with Gasteiger partial charge in [-0.15, -0.1) is 11.3 Å². The lowest BCUT2D eigenvalue weighted by Gasteiger charge is -2.42. The molecule has 364 valence electrons. The van der Waals surface area contributed by atoms with E-state index in [1.54, 1.807) is 104 Å². The number of hydrogen-bond acceptors (Lipinski definition) is 5. The van der Waals surface area contributed by atoms with Gasteiger partial charge in [-0.2, -0.15) is 0 Å². The molecule has 0 bridgehead atoms. The van der Waals surface area contributed by atoms with Crippen LogP contribution in [-0.4, -0.2) is 6.71 Å². The SMILES string of the molecule is [2H]c1c([2H])c(C(C)(C)C)c([2H])c([2H])c1N1c2sc3c([2H])c([2H])c([2H])c([2H])c3c2B2c3oc4c([2H])c([2H])c(C(C)(C)C)c([2H])c4c3N(c3c([2H])c([2H])c(C(C)(C)C)c([2H])c3[2H])c3c([2H])c(N(c4c([2H])c([2H])c(C(C)(C)C)c([2H])c4[2H])c4c([2H])c([2H])c(C(C)(C)C)c([2H])c4[2H])c([2H])c1c32. The first-order valence-electron chi connectivity index (χ1n) is 36.4. The summed E-state index contributed by atoms with van der Waals surface area (Å²) < 4.78 is 256. The van der Waals surface area contributed by atoms with Crippen LogP contribution >= 0.6 is 11.3 Å². The fraction of sp³-hybridized carbons (Fsp3) is 0.303. The average Bonchev–Trinajstić information content (AvgIpc) is 1.60. The monoisotopic (exact) mass is 989 g/mol. The minimum absolute atomic E-state index is 0.0288. The third-order valence-corrected chi connectivity index (χ3v) is 13.9. The summed E-state index contributed by atoms with van der Waals surface area (Å²) in [5.74, 6) is 0. The summed E-state index contributed by atoms with van der Waals surface area (Å²) in [6, 6.07) is -17.9. The molecule has 0 aliphatic carbocycles. The van der Waals surface area contributed by atoms with E-state index in [0.717, 1.165) is 14.7 Å². The second-order valence-corrected chi connectivity index (χ2v) is 24.6. The molecule has 0 N–H and O–H groups in total. The summed E-state index contributed by atoms with van der Waals surface area (Å²) in [4.78, 5) is 2.85. The van der Waals surface area contributed by atoms with Gasteiger partial charge in [0.2, 0.25) is 0 Å². The maximum Gasteiger partial charge on any atom is 0.298 e. The van der Waals surface area contributed by atoms with E-state index in [4.69, 9.17) is 5.79 Å². The van der Waals surface area contributed by atoms with E-state index in [9.17, 15) is 32.9 Å². The number of rotatable bonds is 5. The first-order valence-corrected chi connectivity index (χ1v) is 24.8. The molecule has 0 amide bonds. The summed E-state index contributed by atoms with van der Waals surface area (Å²) in [5, 5.41) is -0.779. The minimum atomic E-state index is -1.80. The Bertz CT molecular complexity index is 4860. The lowest BCUT2D eigenvalue weighted by Crippen LogP contribution is -2.60. The molecule has 6 heteroatoms. The van der Waals surface area contributed by atoms with Crippen LogP contribution in [0.2, 0.25) is 0 Å². The van der Waals surface area contributed by atoms with Crippen LogP contribution in [0, 0.1) is 0 Å². The summed E-state index contributed by atoms with van der Waals surface area (Å²) in [5.41, 5.74) is -12.9. The molecule has 0 atom stereocenters. The van der Waals surface area contributed by atoms with Gasteiger partial charge in [0, 0.05) is 44.2 Å². The highest BCUT2D eigenvalue weighted by molar-refractivity contribution is 7.26. The Balaban J connectivity index is 1.55. The van der Waals surface area contributed by atoms with Crippen molar-refractivity contribution in [2.45, 2.75) is 131 Å². The number of benzene rings is 7. The molecule has 2 aliphatic heterocycles. The van der Waals surface area contributed by atoms with Crippen molar-refractivity contribution in [3.8, 4) is 0 Å². The molecule has 0 saturated carbocycles. The van der Waals surface area contributed by atoms with Crippen LogP contribution in [0.4, 0.5) is 50.5 Å². The van der Waals surface area contributed by atoms with Crippen molar-refractivity contribution in [3.05, 3.63) is 179 Å². The topological polar surface area (TPSA) is 22.9 Å². The number of anilines is 9. The van der Waals surface area contributed by atoms with Crippen LogP contribution in [-0.2, 0) is 27.1 Å². The van der Waals surface area contributed by atoms with Gasteiger partial charge in [0.25, 0.3) is 6.71 Å². The van der Waals surface area contributed by atoms with E-state index in [2.05, 4.69) is 0 Å². The quantitative estimate of drug-likeness (QED) is 0.160. The van der Waals surface area contributed by atoms with Crippen molar-refractivity contribution < 1.29 is 38.7 Å². The van der Waals surface area contributed by atoms with E-state index in [1.807, 2.05) is 0 Å². The smallest absolute Gasteiger partial charge is 0.298 e. The molecular formula is C66H70BN3OS. The van der Waals surface area contributed by atoms with Gasteiger partial charge < -0.3 is 19.1 Å². The largest absolute Gasteiger partial charge is 0.468 e. The zero-order valence-electron chi connectivity index (χ0n) is 68.2. The Labute approximate surface area is 468 Å². The zero-order chi connectivity index (χ0) is 72.8. The number of furan rings is 1. The number of nitrogens with zero attached hydrogens (tertiary/aromatic N) is 3. The standard InChI is InChI=1S/C66H70BN3OS/c1-62(2,3)41-20-29-46(30-21-41)68(47-31-22-42(23-32-47)63(4,5)6)50-39-53-58-54(40-50)70(49-35-26-44(27-36-49)65(10,11)12)61-57(51-18-16-17-19-56(51)72-61)67(58)60-59(52-38-45(66(13,14)15)28-37-55(52)71-60)69(53)48-33-24-43(25-34-48)64(7,8)9/h16-40H,1-15H3/i16D,17D,18D,19D,20D,21D,22D,23D,24D,25D,26D,27D,28D,29D,30D,31D,32D,33D,34D,35D,36D,37D,38D,39D,40D. The minimum Gasteiger partial charge on any atom is -0.468 e. The molecule has 4 nitrogen and oxygen atoms in total. The molecule has 0 spiro atoms. The van der Waals surface area contributed by atoms with Crippen LogP contribution < -0.4 is 31.3 Å². The van der Waals surface area contributed by atoms with Gasteiger partial charge >= 0.3 is 0 Å². The fourth-order valence-corrected chi connectivity index (χ4v) is 9.94. The normalized spacial score (nSPS) is 18.8. The Morgan fingerprint density at radius 1 is 0.444 bits per heavy atom. The van der Waals surface area contributed by atoms with Crippen LogP contribution in [0.15, 0.2) is 155 Å². The van der Waals surface area contributed by atoms with Gasteiger partial charge in [-0.25, -0.2) is 0 Å². The van der Waals surface area contributed by atoms with Crippen molar-refractivity contribution in [2.24, 2.45) is 0 Å². The Hall–Kier alpha value is -6.50. The molecule has 2 aliphatic rings. The van der Waals surface area contributed by atoms with Gasteiger partial charge in [0.15, 0.2) is 0 Å². The lowest BCUT2D eigenvalue weighted by atomic mass is 9.35. The van der Waals surface area contributed by atoms with Crippen LogP contribution in [0.5, 0.6) is 0 Å². The second-order valence-electron chi connectivity index (χ2n) is 23.6. The highest BCUT2D eigenvalue weighted by Crippen LogP contribution is 2.52. The Kier molecular flexibility index (Phi) is 6.19. The first-order chi connectivity index (χ1) is 44.3. The predicted molar refractivity (Wildman–Crippen MR) is 314 cm³/mol. The van der Waals surface area contributed by atoms with Gasteiger partial charge in [0.1, 0.15) is 5.58 Å². The van der Waals surface area contributed by atoms with Gasteiger partial charge in [0.05, 0.1) is 56.3 Å². The van der Waals surface area contributed by atoms with E-state index in [1.165, 1.54) is 0 Å². The predicted octanol–water partition coefficient (Wildman–Crippen LogP) is 17.7. The van der Waals surface area contributed by atoms with Gasteiger partial charge in [-0.05, 0) is 150 Å². The maximum atomic E-state index is 11.3. The molecule has 7 aromatic carbocycles. The molecule has 2 aromatic heterocycles. The molecule has 11 rings (SSSR count). The summed E-state index contributed by atoms with van der Waals surface area (Å²) in [6.45, 7) is 23.1. The first kappa shape index (κ1) is 27.0. The van der Waals surface area contributed by atoms with Crippen molar-refractivity contribution in [1.29, 1.82) is 0 Å². The van der Waals surface area contributed by atoms with Crippen molar-refractivity contribution >= 4 is 106 Å². The van der Waals surface area contributed by atoms with E-state index >= 15 is 0 Å². The van der Waals surface area contributed by atoms with Gasteiger partial charge in [-0.1, -0.05) is 176 Å². The maximum absolute atomic E-state index is 11.3. The number of hydrogen-bond donors (Lipinski definition) is 0. The zero-order valence-corrected chi connectivity index (χ0v) is 44.1. The van der Waals surface area contributed by atoms with Gasteiger partial charge in [-0.3, -0.25) is 0 Å². The Morgan fingerprint density at radius 3 is 1.36 bits per heavy atom. The third kappa shape index (κ3) is 8.05. The highest BCUT2D eigenvalue weighted by atomic mass is 32.1. The molecule has 72 heavy (non-hydrogen) atoms. The van der Waals surface area contributed by atoms with E-state index in [-0.39, 0.29) is 70.6 Å². The third-order valence-electron chi connectivity index (χ3n) is 12.8. The highest BCUT2D eigenvalue weighted by Gasteiger charge is 2.49. The molecule has 9 aromatic rings. The Morgan fingerprint density at radius 2 is 0.875 bits per heavy atom. The van der Waals surface area contributed by atoms with Crippen LogP contribution in [0.25, 0.3) is 21.1 Å². The molecule has 0 saturated heterocycles. The molecule has 0 unspecified atom stereocenters. The summed E-state index contributed by atoms with van der Waals surface area (Å²) in [7, 11) is 0. The summed E-state index contributed by atoms with van der Waals surface area (Å²) in [6.07, 6.45) is 0. The van der Waals surface area contributed by atoms with Crippen LogP contribution in [0.3, 0.4) is 0 Å².